The molecule has 29 heavy (non-hydrogen) atoms. The van der Waals surface area contributed by atoms with Crippen LogP contribution in [-0.4, -0.2) is 45.8 Å². The highest BCUT2D eigenvalue weighted by Crippen LogP contribution is 2.54. The Morgan fingerprint density at radius 1 is 1.31 bits per heavy atom. The van der Waals surface area contributed by atoms with Gasteiger partial charge in [-0.3, -0.25) is 29.4 Å². The number of halogens is 1. The summed E-state index contributed by atoms with van der Waals surface area (Å²) >= 11 is 6.26. The first kappa shape index (κ1) is 19.8. The molecular weight excluding hydrogens is 398 g/mol. The zero-order valence-corrected chi connectivity index (χ0v) is 16.8. The Morgan fingerprint density at radius 3 is 2.69 bits per heavy atom. The quantitative estimate of drug-likeness (QED) is 0.626. The first-order chi connectivity index (χ1) is 13.7. The third-order valence-corrected chi connectivity index (χ3v) is 6.75. The number of fused-ring (bicyclic) bond motifs is 4. The second kappa shape index (κ2) is 6.81. The lowest BCUT2D eigenvalue weighted by molar-refractivity contribution is -0.145. The van der Waals surface area contributed by atoms with Gasteiger partial charge < -0.3 is 10.4 Å². The van der Waals surface area contributed by atoms with E-state index in [1.54, 1.807) is 25.1 Å². The van der Waals surface area contributed by atoms with Crippen molar-refractivity contribution in [3.05, 3.63) is 28.8 Å². The zero-order chi connectivity index (χ0) is 21.1. The van der Waals surface area contributed by atoms with Crippen molar-refractivity contribution in [1.29, 1.82) is 0 Å². The number of anilines is 1. The summed E-state index contributed by atoms with van der Waals surface area (Å²) in [4.78, 5) is 52.3. The summed E-state index contributed by atoms with van der Waals surface area (Å²) in [6.45, 7) is 3.68. The predicted molar refractivity (Wildman–Crippen MR) is 104 cm³/mol. The van der Waals surface area contributed by atoms with Gasteiger partial charge in [0.1, 0.15) is 5.54 Å². The molecule has 2 saturated heterocycles. The minimum Gasteiger partial charge on any atom is -0.481 e. The number of para-hydroxylation sites is 1. The maximum Gasteiger partial charge on any atom is 0.303 e. The number of benzene rings is 1. The Bertz CT molecular complexity index is 935. The predicted octanol–water partition coefficient (Wildman–Crippen LogP) is 1.72. The second-order valence-electron chi connectivity index (χ2n) is 7.91. The molecule has 1 aromatic rings. The first-order valence-electron chi connectivity index (χ1n) is 9.70. The molecule has 2 fully saturated rings. The maximum atomic E-state index is 13.4. The molecule has 0 aromatic heterocycles. The van der Waals surface area contributed by atoms with E-state index in [4.69, 9.17) is 16.7 Å². The summed E-state index contributed by atoms with van der Waals surface area (Å²) in [5.74, 6) is -3.94. The van der Waals surface area contributed by atoms with Gasteiger partial charge in [-0.25, -0.2) is 0 Å². The molecule has 0 radical (unpaired) electrons. The molecular formula is C20H22ClN3O5. The molecule has 1 aromatic carbocycles. The monoisotopic (exact) mass is 419 g/mol. The molecule has 154 valence electrons. The van der Waals surface area contributed by atoms with Crippen molar-refractivity contribution in [3.8, 4) is 0 Å². The van der Waals surface area contributed by atoms with Crippen LogP contribution < -0.4 is 10.6 Å². The van der Waals surface area contributed by atoms with Gasteiger partial charge in [-0.1, -0.05) is 30.7 Å². The van der Waals surface area contributed by atoms with Crippen LogP contribution in [-0.2, 0) is 24.7 Å². The van der Waals surface area contributed by atoms with Crippen molar-refractivity contribution in [2.75, 3.05) is 5.32 Å². The van der Waals surface area contributed by atoms with E-state index < -0.39 is 41.2 Å². The van der Waals surface area contributed by atoms with Crippen molar-refractivity contribution < 1.29 is 24.3 Å². The standard InChI is InChI=1S/C20H22ClN3O5/c1-3-9(2)24-17(27)14-12(7-8-13(25)26)23-20(15(14)18(24)28)10-5-4-6-11(21)16(10)22-19(20)29/h4-6,9,12,14-15,23H,3,7-8H2,1-2H3,(H,22,29)(H,25,26)/t9-,12-,14-,15-,20+/m0/s1. The topological polar surface area (TPSA) is 116 Å². The van der Waals surface area contributed by atoms with Gasteiger partial charge in [0.05, 0.1) is 22.5 Å². The smallest absolute Gasteiger partial charge is 0.303 e. The molecule has 0 aliphatic carbocycles. The molecule has 3 aliphatic heterocycles. The van der Waals surface area contributed by atoms with Gasteiger partial charge in [0.25, 0.3) is 0 Å². The highest BCUT2D eigenvalue weighted by atomic mass is 35.5. The summed E-state index contributed by atoms with van der Waals surface area (Å²) in [6, 6.07) is 4.13. The molecule has 3 aliphatic rings. The summed E-state index contributed by atoms with van der Waals surface area (Å²) in [5, 5.41) is 15.4. The van der Waals surface area contributed by atoms with E-state index in [0.717, 1.165) is 0 Å². The van der Waals surface area contributed by atoms with Crippen LogP contribution in [0.3, 0.4) is 0 Å². The molecule has 8 nitrogen and oxygen atoms in total. The zero-order valence-electron chi connectivity index (χ0n) is 16.1. The van der Waals surface area contributed by atoms with Crippen LogP contribution in [0, 0.1) is 11.8 Å². The van der Waals surface area contributed by atoms with Crippen LogP contribution in [0.1, 0.15) is 38.7 Å². The van der Waals surface area contributed by atoms with E-state index in [1.807, 2.05) is 6.92 Å². The van der Waals surface area contributed by atoms with Crippen molar-refractivity contribution in [2.24, 2.45) is 11.8 Å². The number of carbonyl (C=O) groups excluding carboxylic acids is 3. The highest BCUT2D eigenvalue weighted by molar-refractivity contribution is 6.35. The average molecular weight is 420 g/mol. The van der Waals surface area contributed by atoms with Crippen molar-refractivity contribution in [3.63, 3.8) is 0 Å². The lowest BCUT2D eigenvalue weighted by atomic mass is 9.76. The molecule has 3 N–H and O–H groups in total. The lowest BCUT2D eigenvalue weighted by Crippen LogP contribution is -2.54. The number of carboxylic acid groups (broad SMARTS) is 1. The molecule has 0 unspecified atom stereocenters. The second-order valence-corrected chi connectivity index (χ2v) is 8.32. The van der Waals surface area contributed by atoms with E-state index >= 15 is 0 Å². The minimum atomic E-state index is -1.44. The number of nitrogens with zero attached hydrogens (tertiary/aromatic N) is 1. The Morgan fingerprint density at radius 2 is 2.03 bits per heavy atom. The Labute approximate surface area is 172 Å². The molecule has 9 heteroatoms. The first-order valence-corrected chi connectivity index (χ1v) is 10.1. The van der Waals surface area contributed by atoms with E-state index in [1.165, 1.54) is 4.90 Å². The number of rotatable bonds is 5. The molecule has 3 heterocycles. The van der Waals surface area contributed by atoms with Gasteiger partial charge in [-0.05, 0) is 25.8 Å². The van der Waals surface area contributed by atoms with Crippen molar-refractivity contribution >= 4 is 41.0 Å². The van der Waals surface area contributed by atoms with Gasteiger partial charge in [0, 0.05) is 24.1 Å². The Kier molecular flexibility index (Phi) is 4.66. The number of hydrogen-bond acceptors (Lipinski definition) is 5. The Hall–Kier alpha value is -2.45. The van der Waals surface area contributed by atoms with Gasteiger partial charge in [0.15, 0.2) is 0 Å². The third kappa shape index (κ3) is 2.62. The summed E-state index contributed by atoms with van der Waals surface area (Å²) in [6.07, 6.45) is 0.548. The van der Waals surface area contributed by atoms with Gasteiger partial charge in [0.2, 0.25) is 17.7 Å². The minimum absolute atomic E-state index is 0.134. The van der Waals surface area contributed by atoms with Crippen molar-refractivity contribution in [2.45, 2.75) is 50.7 Å². The van der Waals surface area contributed by atoms with Gasteiger partial charge in [-0.2, -0.15) is 0 Å². The maximum absolute atomic E-state index is 13.4. The van der Waals surface area contributed by atoms with Gasteiger partial charge >= 0.3 is 5.97 Å². The molecule has 3 amide bonds. The van der Waals surface area contributed by atoms with Crippen molar-refractivity contribution in [1.82, 2.24) is 10.2 Å². The number of amides is 3. The van der Waals surface area contributed by atoms with Crippen LogP contribution in [0.5, 0.6) is 0 Å². The van der Waals surface area contributed by atoms with Crippen LogP contribution >= 0.6 is 11.6 Å². The fourth-order valence-corrected chi connectivity index (χ4v) is 5.18. The third-order valence-electron chi connectivity index (χ3n) is 6.43. The van der Waals surface area contributed by atoms with Crippen LogP contribution in [0.25, 0.3) is 0 Å². The van der Waals surface area contributed by atoms with E-state index in [0.29, 0.717) is 22.7 Å². The van der Waals surface area contributed by atoms with Crippen LogP contribution in [0.2, 0.25) is 5.02 Å². The number of imide groups is 1. The fourth-order valence-electron chi connectivity index (χ4n) is 4.96. The molecule has 1 spiro atoms. The van der Waals surface area contributed by atoms with E-state index in [9.17, 15) is 19.2 Å². The number of aliphatic carboxylic acids is 1. The largest absolute Gasteiger partial charge is 0.481 e. The van der Waals surface area contributed by atoms with Gasteiger partial charge in [-0.15, -0.1) is 0 Å². The molecule has 4 rings (SSSR count). The number of hydrogen-bond donors (Lipinski definition) is 3. The fraction of sp³-hybridized carbons (Fsp3) is 0.500. The van der Waals surface area contributed by atoms with Crippen LogP contribution in [0.15, 0.2) is 18.2 Å². The molecule has 0 saturated carbocycles. The van der Waals surface area contributed by atoms with E-state index in [2.05, 4.69) is 10.6 Å². The van der Waals surface area contributed by atoms with Crippen LogP contribution in [0.4, 0.5) is 5.69 Å². The summed E-state index contributed by atoms with van der Waals surface area (Å²) < 4.78 is 0. The Balaban J connectivity index is 1.86. The normalized spacial score (nSPS) is 31.2. The summed E-state index contributed by atoms with van der Waals surface area (Å²) in [7, 11) is 0. The highest BCUT2D eigenvalue weighted by Gasteiger charge is 2.70. The number of carboxylic acids is 1. The molecule has 0 bridgehead atoms. The number of likely N-dealkylation sites (tertiary alicyclic amines) is 1. The molecule has 5 atom stereocenters. The lowest BCUT2D eigenvalue weighted by Gasteiger charge is -2.31. The number of carbonyl (C=O) groups is 4. The van der Waals surface area contributed by atoms with E-state index in [-0.39, 0.29) is 24.8 Å². The number of nitrogens with one attached hydrogen (secondary N) is 2. The summed E-state index contributed by atoms with van der Waals surface area (Å²) in [5.41, 5.74) is -0.496. The SMILES string of the molecule is CC[C@H](C)N1C(=O)[C@H]2[C@H](CCC(=O)O)N[C@@]3(C(=O)Nc4c(Cl)cccc43)[C@@H]2C1=O. The average Bonchev–Trinajstić information content (AvgIpc) is 3.26.